The first kappa shape index (κ1) is 12.9. The summed E-state index contributed by atoms with van der Waals surface area (Å²) in [5.74, 6) is 0.856. The minimum absolute atomic E-state index is 0.423. The van der Waals surface area contributed by atoms with E-state index in [-0.39, 0.29) is 0 Å². The van der Waals surface area contributed by atoms with Crippen LogP contribution >= 0.6 is 0 Å². The number of benzene rings is 2. The van der Waals surface area contributed by atoms with Gasteiger partial charge in [-0.05, 0) is 10.8 Å². The van der Waals surface area contributed by atoms with Crippen molar-refractivity contribution in [3.63, 3.8) is 0 Å². The molecule has 0 saturated heterocycles. The van der Waals surface area contributed by atoms with E-state index < -0.39 is 0 Å². The molecule has 3 nitrogen and oxygen atoms in total. The van der Waals surface area contributed by atoms with Crippen LogP contribution in [-0.4, -0.2) is 11.0 Å². The van der Waals surface area contributed by atoms with Gasteiger partial charge in [0.05, 0.1) is 0 Å². The Balaban J connectivity index is 2.05. The first-order chi connectivity index (χ1) is 9.75. The Morgan fingerprint density at radius 3 is 2.75 bits per heavy atom. The molecule has 1 N–H and O–H groups in total. The van der Waals surface area contributed by atoms with Gasteiger partial charge >= 0.3 is 0 Å². The van der Waals surface area contributed by atoms with Gasteiger partial charge in [-0.3, -0.25) is 0 Å². The van der Waals surface area contributed by atoms with E-state index in [4.69, 9.17) is 4.42 Å². The molecule has 102 valence electrons. The maximum atomic E-state index is 5.64. The Bertz CT molecular complexity index is 710. The van der Waals surface area contributed by atoms with Gasteiger partial charge in [0.2, 0.25) is 0 Å². The lowest BCUT2D eigenvalue weighted by Gasteiger charge is -2.08. The lowest BCUT2D eigenvalue weighted by molar-refractivity contribution is 0.563. The third kappa shape index (κ3) is 2.45. The third-order valence-electron chi connectivity index (χ3n) is 3.35. The molecule has 0 aliphatic rings. The Morgan fingerprint density at radius 1 is 1.10 bits per heavy atom. The Morgan fingerprint density at radius 2 is 1.90 bits per heavy atom. The molecule has 0 bridgehead atoms. The van der Waals surface area contributed by atoms with Crippen LogP contribution in [0, 0.1) is 0 Å². The third-order valence-corrected chi connectivity index (χ3v) is 3.35. The zero-order valence-electron chi connectivity index (χ0n) is 11.8. The van der Waals surface area contributed by atoms with Crippen molar-refractivity contribution in [1.29, 1.82) is 0 Å². The van der Waals surface area contributed by atoms with Gasteiger partial charge in [-0.15, -0.1) is 0 Å². The molecular formula is C17H18N2O. The predicted octanol–water partition coefficient (Wildman–Crippen LogP) is 3.99. The second-order valence-electron chi connectivity index (χ2n) is 5.19. The highest BCUT2D eigenvalue weighted by molar-refractivity contribution is 5.95. The largest absolute Gasteiger partial charge is 0.443 e. The molecule has 0 atom stereocenters. The Kier molecular flexibility index (Phi) is 3.52. The molecule has 0 amide bonds. The Labute approximate surface area is 118 Å². The SMILES string of the molecule is CC(C)NCc1ncoc1-c1cccc2ccccc12. The van der Waals surface area contributed by atoms with Crippen molar-refractivity contribution in [2.24, 2.45) is 0 Å². The van der Waals surface area contributed by atoms with E-state index >= 15 is 0 Å². The summed E-state index contributed by atoms with van der Waals surface area (Å²) in [6.45, 7) is 4.96. The van der Waals surface area contributed by atoms with Crippen LogP contribution in [-0.2, 0) is 6.54 Å². The Hall–Kier alpha value is -2.13. The van der Waals surface area contributed by atoms with Crippen LogP contribution in [0.1, 0.15) is 19.5 Å². The van der Waals surface area contributed by atoms with E-state index in [1.807, 2.05) is 12.1 Å². The highest BCUT2D eigenvalue weighted by Gasteiger charge is 2.13. The van der Waals surface area contributed by atoms with Crippen LogP contribution < -0.4 is 5.32 Å². The van der Waals surface area contributed by atoms with Crippen molar-refractivity contribution >= 4 is 10.8 Å². The molecular weight excluding hydrogens is 248 g/mol. The maximum absolute atomic E-state index is 5.64. The molecule has 0 aliphatic carbocycles. The first-order valence-electron chi connectivity index (χ1n) is 6.89. The molecule has 1 aromatic heterocycles. The van der Waals surface area contributed by atoms with Crippen molar-refractivity contribution in [3.05, 3.63) is 54.6 Å². The van der Waals surface area contributed by atoms with Crippen molar-refractivity contribution in [3.8, 4) is 11.3 Å². The van der Waals surface area contributed by atoms with Gasteiger partial charge < -0.3 is 9.73 Å². The molecule has 0 radical (unpaired) electrons. The summed E-state index contributed by atoms with van der Waals surface area (Å²) >= 11 is 0. The monoisotopic (exact) mass is 266 g/mol. The highest BCUT2D eigenvalue weighted by atomic mass is 16.3. The lowest BCUT2D eigenvalue weighted by atomic mass is 10.0. The van der Waals surface area contributed by atoms with Crippen LogP contribution in [0.3, 0.4) is 0 Å². The molecule has 0 aliphatic heterocycles. The summed E-state index contributed by atoms with van der Waals surface area (Å²) < 4.78 is 5.64. The summed E-state index contributed by atoms with van der Waals surface area (Å²) in [7, 11) is 0. The molecule has 20 heavy (non-hydrogen) atoms. The fraction of sp³-hybridized carbons (Fsp3) is 0.235. The number of aromatic nitrogens is 1. The van der Waals surface area contributed by atoms with Gasteiger partial charge in [0, 0.05) is 18.2 Å². The highest BCUT2D eigenvalue weighted by Crippen LogP contribution is 2.30. The molecule has 3 aromatic rings. The molecule has 0 spiro atoms. The standard InChI is InChI=1S/C17H18N2O/c1-12(2)18-10-16-17(20-11-19-16)15-9-5-7-13-6-3-4-8-14(13)15/h3-9,11-12,18H,10H2,1-2H3. The fourth-order valence-corrected chi connectivity index (χ4v) is 2.34. The number of nitrogens with zero attached hydrogens (tertiary/aromatic N) is 1. The normalized spacial score (nSPS) is 11.3. The van der Waals surface area contributed by atoms with Crippen LogP contribution in [0.5, 0.6) is 0 Å². The number of fused-ring (bicyclic) bond motifs is 1. The van der Waals surface area contributed by atoms with Crippen LogP contribution in [0.15, 0.2) is 53.3 Å². The van der Waals surface area contributed by atoms with Gasteiger partial charge in [0.15, 0.2) is 12.2 Å². The summed E-state index contributed by atoms with van der Waals surface area (Å²) in [5, 5.41) is 5.79. The minimum Gasteiger partial charge on any atom is -0.443 e. The van der Waals surface area contributed by atoms with Crippen molar-refractivity contribution in [2.45, 2.75) is 26.4 Å². The molecule has 3 rings (SSSR count). The van der Waals surface area contributed by atoms with Gasteiger partial charge in [-0.2, -0.15) is 0 Å². The second-order valence-corrected chi connectivity index (χ2v) is 5.19. The van der Waals surface area contributed by atoms with Crippen LogP contribution in [0.4, 0.5) is 0 Å². The average Bonchev–Trinajstić information content (AvgIpc) is 2.92. The van der Waals surface area contributed by atoms with Gasteiger partial charge in [-0.25, -0.2) is 4.98 Å². The van der Waals surface area contributed by atoms with Gasteiger partial charge in [-0.1, -0.05) is 56.3 Å². The number of hydrogen-bond acceptors (Lipinski definition) is 3. The smallest absolute Gasteiger partial charge is 0.181 e. The summed E-state index contributed by atoms with van der Waals surface area (Å²) in [6, 6.07) is 15.0. The average molecular weight is 266 g/mol. The number of rotatable bonds is 4. The summed E-state index contributed by atoms with van der Waals surface area (Å²) in [6.07, 6.45) is 1.52. The van der Waals surface area contributed by atoms with Gasteiger partial charge in [0.1, 0.15) is 5.69 Å². The molecule has 0 saturated carbocycles. The van der Waals surface area contributed by atoms with E-state index in [2.05, 4.69) is 54.5 Å². The predicted molar refractivity (Wildman–Crippen MR) is 81.4 cm³/mol. The van der Waals surface area contributed by atoms with Crippen molar-refractivity contribution in [1.82, 2.24) is 10.3 Å². The first-order valence-corrected chi connectivity index (χ1v) is 6.89. The molecule has 1 heterocycles. The zero-order valence-corrected chi connectivity index (χ0v) is 11.8. The van der Waals surface area contributed by atoms with E-state index in [9.17, 15) is 0 Å². The van der Waals surface area contributed by atoms with E-state index in [0.717, 1.165) is 17.0 Å². The quantitative estimate of drug-likeness (QED) is 0.775. The zero-order chi connectivity index (χ0) is 13.9. The van der Waals surface area contributed by atoms with E-state index in [1.165, 1.54) is 17.2 Å². The van der Waals surface area contributed by atoms with Crippen LogP contribution in [0.25, 0.3) is 22.1 Å². The summed E-state index contributed by atoms with van der Waals surface area (Å²) in [4.78, 5) is 4.34. The molecule has 3 heteroatoms. The topological polar surface area (TPSA) is 38.1 Å². The molecule has 2 aromatic carbocycles. The van der Waals surface area contributed by atoms with Gasteiger partial charge in [0.25, 0.3) is 0 Å². The number of oxazole rings is 1. The minimum atomic E-state index is 0.423. The molecule has 0 unspecified atom stereocenters. The fourth-order valence-electron chi connectivity index (χ4n) is 2.34. The number of hydrogen-bond donors (Lipinski definition) is 1. The van der Waals surface area contributed by atoms with Crippen molar-refractivity contribution in [2.75, 3.05) is 0 Å². The molecule has 0 fully saturated rings. The second kappa shape index (κ2) is 5.47. The van der Waals surface area contributed by atoms with Crippen molar-refractivity contribution < 1.29 is 4.42 Å². The van der Waals surface area contributed by atoms with E-state index in [1.54, 1.807) is 0 Å². The van der Waals surface area contributed by atoms with E-state index in [0.29, 0.717) is 12.6 Å². The lowest BCUT2D eigenvalue weighted by Crippen LogP contribution is -2.22. The number of nitrogens with one attached hydrogen (secondary N) is 1. The summed E-state index contributed by atoms with van der Waals surface area (Å²) in [5.41, 5.74) is 2.05. The van der Waals surface area contributed by atoms with Crippen LogP contribution in [0.2, 0.25) is 0 Å². The maximum Gasteiger partial charge on any atom is 0.181 e.